The van der Waals surface area contributed by atoms with Gasteiger partial charge in [0.1, 0.15) is 0 Å². The molecule has 6 heteroatoms. The number of imidazole rings is 1. The summed E-state index contributed by atoms with van der Waals surface area (Å²) < 4.78 is 0. The molecule has 3 rings (SSSR count). The largest absolute Gasteiger partial charge is 0.342 e. The molecule has 0 spiro atoms. The minimum absolute atomic E-state index is 0.0243. The minimum atomic E-state index is -0.170. The van der Waals surface area contributed by atoms with Crippen molar-refractivity contribution in [2.24, 2.45) is 5.92 Å². The number of piperidine rings is 1. The lowest BCUT2D eigenvalue weighted by Gasteiger charge is -2.31. The molecule has 110 valence electrons. The van der Waals surface area contributed by atoms with E-state index in [2.05, 4.69) is 15.3 Å². The number of aromatic nitrogens is 2. The van der Waals surface area contributed by atoms with Crippen molar-refractivity contribution in [1.29, 1.82) is 0 Å². The van der Waals surface area contributed by atoms with Crippen LogP contribution in [-0.2, 0) is 9.59 Å². The van der Waals surface area contributed by atoms with Gasteiger partial charge in [-0.3, -0.25) is 14.9 Å². The van der Waals surface area contributed by atoms with Gasteiger partial charge in [-0.05, 0) is 25.0 Å². The van der Waals surface area contributed by atoms with Crippen molar-refractivity contribution in [3.05, 3.63) is 24.3 Å². The molecule has 0 saturated carbocycles. The molecule has 1 aromatic heterocycles. The lowest BCUT2D eigenvalue weighted by atomic mass is 9.97. The molecule has 2 heterocycles. The molecule has 2 amide bonds. The van der Waals surface area contributed by atoms with Crippen LogP contribution in [0.3, 0.4) is 0 Å². The van der Waals surface area contributed by atoms with Gasteiger partial charge in [0, 0.05) is 20.0 Å². The third kappa shape index (κ3) is 2.89. The third-order valence-electron chi connectivity index (χ3n) is 3.87. The molecule has 21 heavy (non-hydrogen) atoms. The number of nitrogens with one attached hydrogen (secondary N) is 2. The maximum Gasteiger partial charge on any atom is 0.231 e. The Balaban J connectivity index is 1.69. The maximum absolute atomic E-state index is 12.3. The number of anilines is 1. The average Bonchev–Trinajstić information content (AvgIpc) is 2.89. The first kappa shape index (κ1) is 13.6. The highest BCUT2D eigenvalue weighted by molar-refractivity contribution is 5.93. The Morgan fingerprint density at radius 1 is 1.38 bits per heavy atom. The Kier molecular flexibility index (Phi) is 3.60. The number of nitrogens with zero attached hydrogens (tertiary/aromatic N) is 2. The zero-order valence-corrected chi connectivity index (χ0v) is 11.9. The van der Waals surface area contributed by atoms with E-state index >= 15 is 0 Å². The zero-order chi connectivity index (χ0) is 14.8. The number of aromatic amines is 1. The van der Waals surface area contributed by atoms with E-state index in [1.54, 1.807) is 11.8 Å². The molecule has 1 aliphatic heterocycles. The predicted octanol–water partition coefficient (Wildman–Crippen LogP) is 1.76. The Morgan fingerprint density at radius 3 is 2.95 bits per heavy atom. The number of rotatable bonds is 2. The number of carbonyl (C=O) groups excluding carboxylic acids is 2. The molecular weight excluding hydrogens is 268 g/mol. The fourth-order valence-electron chi connectivity index (χ4n) is 2.71. The summed E-state index contributed by atoms with van der Waals surface area (Å²) in [5.41, 5.74) is 1.71. The van der Waals surface area contributed by atoms with Gasteiger partial charge in [-0.2, -0.15) is 0 Å². The highest BCUT2D eigenvalue weighted by atomic mass is 16.2. The summed E-state index contributed by atoms with van der Waals surface area (Å²) in [6.45, 7) is 2.77. The van der Waals surface area contributed by atoms with E-state index in [0.717, 1.165) is 30.4 Å². The summed E-state index contributed by atoms with van der Waals surface area (Å²) in [6, 6.07) is 7.62. The SMILES string of the molecule is CC(=O)N1CCCC(C(=O)Nc2nc3ccccc3[nH]2)C1. The van der Waals surface area contributed by atoms with Crippen molar-refractivity contribution in [2.45, 2.75) is 19.8 Å². The van der Waals surface area contributed by atoms with Crippen LogP contribution >= 0.6 is 0 Å². The van der Waals surface area contributed by atoms with Gasteiger partial charge in [0.2, 0.25) is 17.8 Å². The summed E-state index contributed by atoms with van der Waals surface area (Å²) in [5.74, 6) is 0.230. The third-order valence-corrected chi connectivity index (χ3v) is 3.87. The molecule has 1 aromatic carbocycles. The van der Waals surface area contributed by atoms with E-state index < -0.39 is 0 Å². The van der Waals surface area contributed by atoms with Gasteiger partial charge in [0.05, 0.1) is 17.0 Å². The fourth-order valence-corrected chi connectivity index (χ4v) is 2.71. The van der Waals surface area contributed by atoms with Crippen LogP contribution in [0.15, 0.2) is 24.3 Å². The van der Waals surface area contributed by atoms with E-state index in [1.165, 1.54) is 0 Å². The first-order chi connectivity index (χ1) is 10.1. The van der Waals surface area contributed by atoms with E-state index in [9.17, 15) is 9.59 Å². The number of hydrogen-bond acceptors (Lipinski definition) is 3. The Morgan fingerprint density at radius 2 is 2.19 bits per heavy atom. The molecule has 1 aliphatic rings. The van der Waals surface area contributed by atoms with Gasteiger partial charge in [-0.15, -0.1) is 0 Å². The van der Waals surface area contributed by atoms with Gasteiger partial charge in [0.25, 0.3) is 0 Å². The molecule has 1 saturated heterocycles. The topological polar surface area (TPSA) is 78.1 Å². The van der Waals surface area contributed by atoms with Gasteiger partial charge in [-0.1, -0.05) is 12.1 Å². The van der Waals surface area contributed by atoms with Gasteiger partial charge < -0.3 is 9.88 Å². The van der Waals surface area contributed by atoms with Crippen LogP contribution in [0.2, 0.25) is 0 Å². The maximum atomic E-state index is 12.3. The Bertz CT molecular complexity index is 646. The summed E-state index contributed by atoms with van der Waals surface area (Å²) in [6.07, 6.45) is 1.66. The van der Waals surface area contributed by atoms with Gasteiger partial charge in [-0.25, -0.2) is 4.98 Å². The number of hydrogen-bond donors (Lipinski definition) is 2. The monoisotopic (exact) mass is 286 g/mol. The Hall–Kier alpha value is -2.37. The summed E-state index contributed by atoms with van der Waals surface area (Å²) in [4.78, 5) is 32.9. The second-order valence-electron chi connectivity index (χ2n) is 5.40. The lowest BCUT2D eigenvalue weighted by molar-refractivity contribution is -0.132. The summed E-state index contributed by atoms with van der Waals surface area (Å²) >= 11 is 0. The summed E-state index contributed by atoms with van der Waals surface area (Å²) in [5, 5.41) is 2.82. The van der Waals surface area contributed by atoms with Crippen molar-refractivity contribution in [3.8, 4) is 0 Å². The smallest absolute Gasteiger partial charge is 0.231 e. The lowest BCUT2D eigenvalue weighted by Crippen LogP contribution is -2.42. The molecule has 0 bridgehead atoms. The molecule has 1 fully saturated rings. The second-order valence-corrected chi connectivity index (χ2v) is 5.40. The van der Waals surface area contributed by atoms with Crippen LogP contribution in [0.4, 0.5) is 5.95 Å². The van der Waals surface area contributed by atoms with E-state index in [0.29, 0.717) is 12.5 Å². The van der Waals surface area contributed by atoms with Gasteiger partial charge >= 0.3 is 0 Å². The second kappa shape index (κ2) is 5.55. The van der Waals surface area contributed by atoms with Crippen molar-refractivity contribution in [2.75, 3.05) is 18.4 Å². The minimum Gasteiger partial charge on any atom is -0.342 e. The Labute approximate surface area is 122 Å². The average molecular weight is 286 g/mol. The van der Waals surface area contributed by atoms with Crippen molar-refractivity contribution < 1.29 is 9.59 Å². The van der Waals surface area contributed by atoms with Crippen LogP contribution < -0.4 is 5.32 Å². The fraction of sp³-hybridized carbons (Fsp3) is 0.400. The molecule has 2 aromatic rings. The van der Waals surface area contributed by atoms with Crippen molar-refractivity contribution >= 4 is 28.8 Å². The van der Waals surface area contributed by atoms with Crippen LogP contribution in [0, 0.1) is 5.92 Å². The standard InChI is InChI=1S/C15H18N4O2/c1-10(20)19-8-4-5-11(9-19)14(21)18-15-16-12-6-2-3-7-13(12)17-15/h2-3,6-7,11H,4-5,8-9H2,1H3,(H2,16,17,18,21). The van der Waals surface area contributed by atoms with E-state index in [-0.39, 0.29) is 17.7 Å². The van der Waals surface area contributed by atoms with Crippen LogP contribution in [0.25, 0.3) is 11.0 Å². The van der Waals surface area contributed by atoms with Crippen molar-refractivity contribution in [3.63, 3.8) is 0 Å². The van der Waals surface area contributed by atoms with Gasteiger partial charge in [0.15, 0.2) is 0 Å². The predicted molar refractivity (Wildman–Crippen MR) is 79.7 cm³/mol. The molecule has 0 aliphatic carbocycles. The number of benzene rings is 1. The summed E-state index contributed by atoms with van der Waals surface area (Å²) in [7, 11) is 0. The van der Waals surface area contributed by atoms with Crippen LogP contribution in [-0.4, -0.2) is 39.8 Å². The molecule has 1 unspecified atom stereocenters. The number of amides is 2. The zero-order valence-electron chi connectivity index (χ0n) is 11.9. The number of H-pyrrole nitrogens is 1. The normalized spacial score (nSPS) is 18.7. The quantitative estimate of drug-likeness (QED) is 0.883. The van der Waals surface area contributed by atoms with E-state index in [1.807, 2.05) is 24.3 Å². The first-order valence-corrected chi connectivity index (χ1v) is 7.14. The molecule has 1 atom stereocenters. The van der Waals surface area contributed by atoms with Crippen molar-refractivity contribution in [1.82, 2.24) is 14.9 Å². The molecule has 2 N–H and O–H groups in total. The van der Waals surface area contributed by atoms with E-state index in [4.69, 9.17) is 0 Å². The number of likely N-dealkylation sites (tertiary alicyclic amines) is 1. The molecular formula is C15H18N4O2. The first-order valence-electron chi connectivity index (χ1n) is 7.14. The van der Waals surface area contributed by atoms with Crippen LogP contribution in [0.1, 0.15) is 19.8 Å². The molecule has 6 nitrogen and oxygen atoms in total. The number of fused-ring (bicyclic) bond motifs is 1. The van der Waals surface area contributed by atoms with Crippen LogP contribution in [0.5, 0.6) is 0 Å². The molecule has 0 radical (unpaired) electrons. The highest BCUT2D eigenvalue weighted by Crippen LogP contribution is 2.19. The highest BCUT2D eigenvalue weighted by Gasteiger charge is 2.27. The number of para-hydroxylation sites is 2. The number of carbonyl (C=O) groups is 2.